The molecule has 3 aromatic rings. The smallest absolute Gasteiger partial charge is 0.355 e. The van der Waals surface area contributed by atoms with Crippen LogP contribution in [-0.2, 0) is 47.4 Å². The number of aliphatic carboxylic acids is 1. The van der Waals surface area contributed by atoms with E-state index in [1.165, 1.54) is 0 Å². The van der Waals surface area contributed by atoms with Crippen LogP contribution in [0.2, 0.25) is 0 Å². The van der Waals surface area contributed by atoms with Crippen LogP contribution in [0.15, 0.2) is 41.2 Å². The van der Waals surface area contributed by atoms with Crippen LogP contribution >= 0.6 is 0 Å². The van der Waals surface area contributed by atoms with Crippen molar-refractivity contribution in [3.63, 3.8) is 0 Å². The molecule has 0 bridgehead atoms. The number of esters is 2. The second-order valence-corrected chi connectivity index (χ2v) is 20.3. The predicted octanol–water partition coefficient (Wildman–Crippen LogP) is 5.36. The van der Waals surface area contributed by atoms with Gasteiger partial charge in [-0.05, 0) is 129 Å². The molecule has 5 N–H and O–H groups in total. The van der Waals surface area contributed by atoms with E-state index < -0.39 is 65.1 Å². The summed E-state index contributed by atoms with van der Waals surface area (Å²) in [6.07, 6.45) is 3.51. The highest BCUT2D eigenvalue weighted by molar-refractivity contribution is 5.91. The first-order chi connectivity index (χ1) is 30.0. The molecule has 63 heavy (non-hydrogen) atoms. The number of hydrogen-bond acceptors (Lipinski definition) is 11. The number of cyclic esters (lactones) is 1. The Hall–Kier alpha value is -4.66. The number of carboxylic acids is 1. The van der Waals surface area contributed by atoms with E-state index in [0.717, 1.165) is 42.1 Å². The number of ether oxygens (including phenoxy) is 2. The summed E-state index contributed by atoms with van der Waals surface area (Å²) in [5.41, 5.74) is -0.000543. The van der Waals surface area contributed by atoms with E-state index in [9.17, 15) is 44.4 Å². The lowest BCUT2D eigenvalue weighted by atomic mass is 9.43. The average molecular weight is 868 g/mol. The zero-order chi connectivity index (χ0) is 44.7. The number of fused-ring (bicyclic) bond motifs is 10. The molecular formula is C49H61N3O11. The summed E-state index contributed by atoms with van der Waals surface area (Å²) in [7, 11) is 0. The molecule has 0 spiro atoms. The number of carbonyl (C=O) groups is 4. The largest absolute Gasteiger partial charge is 0.481 e. The van der Waals surface area contributed by atoms with Crippen molar-refractivity contribution in [1.82, 2.24) is 14.9 Å². The molecule has 9 rings (SSSR count). The molecule has 1 amide bonds. The zero-order valence-electron chi connectivity index (χ0n) is 36.7. The number of hydrogen-bond donors (Lipinski definition) is 5. The summed E-state index contributed by atoms with van der Waals surface area (Å²) in [5, 5.41) is 47.4. The predicted molar refractivity (Wildman–Crippen MR) is 230 cm³/mol. The van der Waals surface area contributed by atoms with Crippen molar-refractivity contribution in [2.75, 3.05) is 0 Å². The first-order valence-electron chi connectivity index (χ1n) is 23.1. The van der Waals surface area contributed by atoms with Gasteiger partial charge in [0.1, 0.15) is 12.6 Å². The van der Waals surface area contributed by atoms with Crippen molar-refractivity contribution in [2.24, 2.45) is 46.3 Å². The highest BCUT2D eigenvalue weighted by Crippen LogP contribution is 2.68. The van der Waals surface area contributed by atoms with Gasteiger partial charge < -0.3 is 39.8 Å². The third kappa shape index (κ3) is 7.00. The van der Waals surface area contributed by atoms with Crippen molar-refractivity contribution in [3.05, 3.63) is 63.4 Å². The number of nitrogens with zero attached hydrogens (tertiary/aromatic N) is 2. The van der Waals surface area contributed by atoms with Gasteiger partial charge in [-0.15, -0.1) is 0 Å². The van der Waals surface area contributed by atoms with E-state index in [0.29, 0.717) is 37.1 Å². The molecule has 6 aliphatic rings. The topological polar surface area (TPSA) is 215 Å². The SMILES string of the molecule is CC[C@@]1(OC(=O)C(CCC(=O)O)NC(=O)CC[C@@H](C)C2CCC3C4C(CC(O)C32C)C2(C)CCC(O)CC2C[C@@H]4O)C(=O)OCc2c1cc1n(c2=O)Cc2cc3ccccc3nc2-1. The maximum atomic E-state index is 14.2. The van der Waals surface area contributed by atoms with Gasteiger partial charge in [0.25, 0.3) is 5.56 Å². The normalized spacial score (nSPS) is 34.9. The monoisotopic (exact) mass is 867 g/mol. The second-order valence-electron chi connectivity index (χ2n) is 20.3. The lowest BCUT2D eigenvalue weighted by Gasteiger charge is -2.63. The van der Waals surface area contributed by atoms with E-state index in [1.807, 2.05) is 30.3 Å². The van der Waals surface area contributed by atoms with Gasteiger partial charge in [0.2, 0.25) is 11.5 Å². The Morgan fingerprint density at radius 3 is 2.54 bits per heavy atom. The number of pyridine rings is 2. The average Bonchev–Trinajstić information content (AvgIpc) is 3.80. The molecule has 2 aliphatic heterocycles. The molecule has 14 heteroatoms. The van der Waals surface area contributed by atoms with Crippen molar-refractivity contribution >= 4 is 34.7 Å². The maximum Gasteiger partial charge on any atom is 0.355 e. The lowest BCUT2D eigenvalue weighted by Crippen LogP contribution is -2.62. The Bertz CT molecular complexity index is 2420. The number of carbonyl (C=O) groups excluding carboxylic acids is 3. The first kappa shape index (κ1) is 43.6. The molecule has 4 fully saturated rings. The number of aliphatic hydroxyl groups is 3. The minimum Gasteiger partial charge on any atom is -0.481 e. The van der Waals surface area contributed by atoms with Crippen molar-refractivity contribution in [2.45, 2.75) is 148 Å². The van der Waals surface area contributed by atoms with Gasteiger partial charge in [-0.2, -0.15) is 0 Å². The summed E-state index contributed by atoms with van der Waals surface area (Å²) >= 11 is 0. The fourth-order valence-electron chi connectivity index (χ4n) is 13.8. The summed E-state index contributed by atoms with van der Waals surface area (Å²) in [5.74, 6) is -2.90. The molecule has 0 radical (unpaired) electrons. The summed E-state index contributed by atoms with van der Waals surface area (Å²) in [4.78, 5) is 72.4. The van der Waals surface area contributed by atoms with Gasteiger partial charge in [-0.25, -0.2) is 14.6 Å². The fourth-order valence-corrected chi connectivity index (χ4v) is 13.8. The summed E-state index contributed by atoms with van der Waals surface area (Å²) < 4.78 is 13.2. The van der Waals surface area contributed by atoms with Crippen LogP contribution < -0.4 is 10.9 Å². The number of amides is 1. The van der Waals surface area contributed by atoms with Crippen LogP contribution in [-0.4, -0.2) is 78.1 Å². The molecule has 2 aromatic heterocycles. The Morgan fingerprint density at radius 1 is 1.00 bits per heavy atom. The van der Waals surface area contributed by atoms with E-state index in [2.05, 4.69) is 26.1 Å². The van der Waals surface area contributed by atoms with Crippen LogP contribution in [0, 0.1) is 46.3 Å². The number of nitrogens with one attached hydrogen (secondary N) is 1. The molecular weight excluding hydrogens is 807 g/mol. The van der Waals surface area contributed by atoms with Crippen molar-refractivity contribution in [1.29, 1.82) is 0 Å². The quantitative estimate of drug-likeness (QED) is 0.121. The highest BCUT2D eigenvalue weighted by Gasteiger charge is 2.66. The van der Waals surface area contributed by atoms with E-state index >= 15 is 0 Å². The van der Waals surface area contributed by atoms with E-state index in [1.54, 1.807) is 17.6 Å². The molecule has 0 saturated heterocycles. The lowest BCUT2D eigenvalue weighted by molar-refractivity contribution is -0.207. The molecule has 13 atom stereocenters. The van der Waals surface area contributed by atoms with Crippen LogP contribution in [0.1, 0.15) is 121 Å². The number of aliphatic hydroxyl groups excluding tert-OH is 3. The molecule has 4 saturated carbocycles. The first-order valence-corrected chi connectivity index (χ1v) is 23.1. The molecule has 4 heterocycles. The van der Waals surface area contributed by atoms with Gasteiger partial charge in [0.05, 0.1) is 47.3 Å². The Labute approximate surface area is 366 Å². The Kier molecular flexibility index (Phi) is 11.1. The van der Waals surface area contributed by atoms with Crippen LogP contribution in [0.25, 0.3) is 22.3 Å². The Balaban J connectivity index is 0.911. The fraction of sp³-hybridized carbons (Fsp3) is 0.633. The van der Waals surface area contributed by atoms with E-state index in [-0.39, 0.29) is 90.6 Å². The zero-order valence-corrected chi connectivity index (χ0v) is 36.7. The molecule has 1 aromatic carbocycles. The van der Waals surface area contributed by atoms with Crippen LogP contribution in [0.3, 0.4) is 0 Å². The van der Waals surface area contributed by atoms with Gasteiger partial charge in [0.15, 0.2) is 0 Å². The number of para-hydroxylation sites is 1. The van der Waals surface area contributed by atoms with Crippen molar-refractivity contribution < 1.29 is 49.1 Å². The number of rotatable bonds is 11. The van der Waals surface area contributed by atoms with Crippen LogP contribution in [0.5, 0.6) is 0 Å². The summed E-state index contributed by atoms with van der Waals surface area (Å²) in [6, 6.07) is 9.82. The maximum absolute atomic E-state index is 14.2. The van der Waals surface area contributed by atoms with Crippen LogP contribution in [0.4, 0.5) is 0 Å². The number of benzene rings is 1. The van der Waals surface area contributed by atoms with E-state index in [4.69, 9.17) is 14.5 Å². The number of carboxylic acid groups (broad SMARTS) is 1. The van der Waals surface area contributed by atoms with Gasteiger partial charge in [-0.3, -0.25) is 14.4 Å². The standard InChI is InChI=1S/C49H61N3O11/c1-5-49(33-21-37-43-27(18-26-8-6-7-9-35(26)51-43)23-52(37)44(59)30(33)24-62-46(49)61)63-45(60)36(13-15-41(57)58)50-40(56)14-10-25(2)31-11-12-32-42-34(22-39(55)48(31,32)4)47(3)17-16-29(53)19-28(47)20-38(42)54/h6-9,18,21,25,28-29,31-32,34,36,38-39,42,53-55H,5,10-17,19-20,22-24H2,1-4H3,(H,50,56)(H,57,58)/t25-,28?,29?,31?,32?,34?,36?,38+,39?,42?,47?,48?,49+/m1/s1. The third-order valence-electron chi connectivity index (χ3n) is 17.3. The number of aromatic nitrogens is 2. The summed E-state index contributed by atoms with van der Waals surface area (Å²) in [6.45, 7) is 8.13. The highest BCUT2D eigenvalue weighted by atomic mass is 16.6. The third-order valence-corrected chi connectivity index (χ3v) is 17.3. The van der Waals surface area contributed by atoms with Gasteiger partial charge in [0, 0.05) is 29.4 Å². The van der Waals surface area contributed by atoms with Gasteiger partial charge >= 0.3 is 17.9 Å². The van der Waals surface area contributed by atoms with Crippen molar-refractivity contribution in [3.8, 4) is 11.4 Å². The molecule has 14 nitrogen and oxygen atoms in total. The minimum atomic E-state index is -2.05. The Morgan fingerprint density at radius 2 is 1.78 bits per heavy atom. The molecule has 4 aliphatic carbocycles. The molecule has 10 unspecified atom stereocenters. The molecule has 338 valence electrons. The minimum absolute atomic E-state index is 0.00522. The van der Waals surface area contributed by atoms with Gasteiger partial charge in [-0.1, -0.05) is 45.9 Å². The second kappa shape index (κ2) is 16.1.